The van der Waals surface area contributed by atoms with Gasteiger partial charge in [0.15, 0.2) is 5.76 Å². The van der Waals surface area contributed by atoms with Crippen LogP contribution in [0.4, 0.5) is 0 Å². The molecule has 0 saturated heterocycles. The van der Waals surface area contributed by atoms with Gasteiger partial charge in [0.25, 0.3) is 5.91 Å². The lowest BCUT2D eigenvalue weighted by atomic mass is 9.76. The van der Waals surface area contributed by atoms with E-state index in [2.05, 4.69) is 11.4 Å². The van der Waals surface area contributed by atoms with Gasteiger partial charge in [0.2, 0.25) is 6.29 Å². The molecule has 3 atom stereocenters. The van der Waals surface area contributed by atoms with E-state index in [-0.39, 0.29) is 24.7 Å². The summed E-state index contributed by atoms with van der Waals surface area (Å²) in [5, 5.41) is 12.4. The number of hydrogen-bond acceptors (Lipinski definition) is 4. The third-order valence-electron chi connectivity index (χ3n) is 6.07. The van der Waals surface area contributed by atoms with Crippen LogP contribution in [0.1, 0.15) is 64.7 Å². The van der Waals surface area contributed by atoms with Crippen molar-refractivity contribution in [2.75, 3.05) is 13.2 Å². The van der Waals surface area contributed by atoms with E-state index in [1.807, 2.05) is 6.92 Å². The molecule has 2 saturated carbocycles. The second-order valence-electron chi connectivity index (χ2n) is 7.73. The van der Waals surface area contributed by atoms with Gasteiger partial charge < -0.3 is 19.9 Å². The predicted molar refractivity (Wildman–Crippen MR) is 95.6 cm³/mol. The molecule has 25 heavy (non-hydrogen) atoms. The first-order chi connectivity index (χ1) is 12.2. The molecule has 5 nitrogen and oxygen atoms in total. The van der Waals surface area contributed by atoms with E-state index in [9.17, 15) is 9.90 Å². The maximum atomic E-state index is 12.6. The third-order valence-corrected chi connectivity index (χ3v) is 6.07. The molecular weight excluding hydrogens is 318 g/mol. The van der Waals surface area contributed by atoms with Gasteiger partial charge in [-0.3, -0.25) is 4.79 Å². The van der Waals surface area contributed by atoms with Crippen molar-refractivity contribution in [2.24, 2.45) is 17.8 Å². The highest BCUT2D eigenvalue weighted by Gasteiger charge is 2.41. The van der Waals surface area contributed by atoms with Crippen LogP contribution in [-0.4, -0.2) is 36.6 Å². The fraction of sp³-hybridized carbons (Fsp3) is 0.850. The van der Waals surface area contributed by atoms with Crippen molar-refractivity contribution in [2.45, 2.75) is 77.0 Å². The van der Waals surface area contributed by atoms with Gasteiger partial charge in [0, 0.05) is 25.2 Å². The Bertz CT molecular complexity index is 468. The lowest BCUT2D eigenvalue weighted by molar-refractivity contribution is -0.176. The first-order valence-corrected chi connectivity index (χ1v) is 10.1. The summed E-state index contributed by atoms with van der Waals surface area (Å²) in [5.41, 5.74) is 0. The van der Waals surface area contributed by atoms with Crippen LogP contribution in [0.25, 0.3) is 0 Å². The molecule has 5 heteroatoms. The van der Waals surface area contributed by atoms with Crippen LogP contribution in [0.5, 0.6) is 0 Å². The average Bonchev–Trinajstić information content (AvgIpc) is 3.11. The largest absolute Gasteiger partial charge is 0.459 e. The van der Waals surface area contributed by atoms with Gasteiger partial charge in [-0.25, -0.2) is 0 Å². The van der Waals surface area contributed by atoms with E-state index in [1.165, 1.54) is 32.1 Å². The molecule has 142 valence electrons. The van der Waals surface area contributed by atoms with E-state index in [1.54, 1.807) is 0 Å². The topological polar surface area (TPSA) is 67.8 Å². The van der Waals surface area contributed by atoms with E-state index in [0.29, 0.717) is 30.2 Å². The Kier molecular flexibility index (Phi) is 6.77. The van der Waals surface area contributed by atoms with Crippen molar-refractivity contribution in [3.63, 3.8) is 0 Å². The lowest BCUT2D eigenvalue weighted by Gasteiger charge is -2.39. The number of aliphatic hydroxyl groups excluding tert-OH is 1. The standard InChI is InChI=1S/C20H33NO4/c1-2-24-20-16(11-6-12-22)17(14-7-3-4-8-14)13-18(25-20)19(23)21-15-9-5-10-15/h13-17,20,22H,2-12H2,1H3,(H,21,23)/t16-,17-,20-/m0/s1. The number of amides is 1. The predicted octanol–water partition coefficient (Wildman–Crippen LogP) is 3.13. The smallest absolute Gasteiger partial charge is 0.286 e. The van der Waals surface area contributed by atoms with Gasteiger partial charge in [-0.15, -0.1) is 0 Å². The Morgan fingerprint density at radius 2 is 2.04 bits per heavy atom. The van der Waals surface area contributed by atoms with Crippen molar-refractivity contribution >= 4 is 5.91 Å². The molecule has 1 heterocycles. The molecule has 3 aliphatic rings. The monoisotopic (exact) mass is 351 g/mol. The van der Waals surface area contributed by atoms with Crippen molar-refractivity contribution in [1.29, 1.82) is 0 Å². The second-order valence-corrected chi connectivity index (χ2v) is 7.73. The van der Waals surface area contributed by atoms with Crippen LogP contribution in [0.15, 0.2) is 11.8 Å². The van der Waals surface area contributed by atoms with Crippen molar-refractivity contribution in [1.82, 2.24) is 5.32 Å². The molecule has 0 aromatic rings. The van der Waals surface area contributed by atoms with Crippen LogP contribution in [0.3, 0.4) is 0 Å². The van der Waals surface area contributed by atoms with Crippen LogP contribution in [0, 0.1) is 17.8 Å². The van der Waals surface area contributed by atoms with Gasteiger partial charge in [-0.2, -0.15) is 0 Å². The molecular formula is C20H33NO4. The van der Waals surface area contributed by atoms with Crippen molar-refractivity contribution in [3.05, 3.63) is 11.8 Å². The molecule has 0 unspecified atom stereocenters. The summed E-state index contributed by atoms with van der Waals surface area (Å²) in [5.74, 6) is 1.49. The van der Waals surface area contributed by atoms with E-state index in [4.69, 9.17) is 9.47 Å². The Labute approximate surface area is 151 Å². The number of ether oxygens (including phenoxy) is 2. The quantitative estimate of drug-likeness (QED) is 0.705. The zero-order chi connectivity index (χ0) is 17.6. The van der Waals surface area contributed by atoms with Crippen LogP contribution < -0.4 is 5.32 Å². The van der Waals surface area contributed by atoms with Crippen LogP contribution in [-0.2, 0) is 14.3 Å². The highest BCUT2D eigenvalue weighted by atomic mass is 16.7. The third kappa shape index (κ3) is 4.56. The maximum Gasteiger partial charge on any atom is 0.286 e. The molecule has 0 radical (unpaired) electrons. The van der Waals surface area contributed by atoms with Gasteiger partial charge >= 0.3 is 0 Å². The normalized spacial score (nSPS) is 30.5. The zero-order valence-electron chi connectivity index (χ0n) is 15.4. The highest BCUT2D eigenvalue weighted by Crippen LogP contribution is 2.43. The van der Waals surface area contributed by atoms with Gasteiger partial charge in [-0.1, -0.05) is 12.8 Å². The minimum absolute atomic E-state index is 0.0852. The number of aliphatic hydroxyl groups is 1. The van der Waals surface area contributed by atoms with E-state index < -0.39 is 0 Å². The summed E-state index contributed by atoms with van der Waals surface area (Å²) in [6.45, 7) is 2.71. The summed E-state index contributed by atoms with van der Waals surface area (Å²) < 4.78 is 11.9. The average molecular weight is 351 g/mol. The van der Waals surface area contributed by atoms with Gasteiger partial charge in [-0.05, 0) is 69.8 Å². The van der Waals surface area contributed by atoms with Crippen LogP contribution in [0.2, 0.25) is 0 Å². The number of carbonyl (C=O) groups excluding carboxylic acids is 1. The Hall–Kier alpha value is -1.07. The molecule has 0 aromatic carbocycles. The minimum Gasteiger partial charge on any atom is -0.459 e. The molecule has 1 aliphatic heterocycles. The Balaban J connectivity index is 1.77. The van der Waals surface area contributed by atoms with Gasteiger partial charge in [0.1, 0.15) is 0 Å². The molecule has 0 bridgehead atoms. The second kappa shape index (κ2) is 9.04. The van der Waals surface area contributed by atoms with Crippen LogP contribution >= 0.6 is 0 Å². The van der Waals surface area contributed by atoms with Gasteiger partial charge in [0.05, 0.1) is 0 Å². The van der Waals surface area contributed by atoms with E-state index >= 15 is 0 Å². The zero-order valence-corrected chi connectivity index (χ0v) is 15.4. The van der Waals surface area contributed by atoms with Crippen molar-refractivity contribution < 1.29 is 19.4 Å². The first-order valence-electron chi connectivity index (χ1n) is 10.1. The number of allylic oxidation sites excluding steroid dienone is 1. The molecule has 0 spiro atoms. The SMILES string of the molecule is CCO[C@H]1OC(C(=O)NC2CCC2)=C[C@@H](C2CCCC2)[C@@H]1CCCO. The summed E-state index contributed by atoms with van der Waals surface area (Å²) in [4.78, 5) is 12.6. The molecule has 2 N–H and O–H groups in total. The van der Waals surface area contributed by atoms with Crippen molar-refractivity contribution in [3.8, 4) is 0 Å². The highest BCUT2D eigenvalue weighted by molar-refractivity contribution is 5.91. The first kappa shape index (κ1) is 18.7. The lowest BCUT2D eigenvalue weighted by Crippen LogP contribution is -2.45. The molecule has 0 aromatic heterocycles. The summed E-state index contributed by atoms with van der Waals surface area (Å²) in [6, 6.07) is 0.305. The molecule has 2 aliphatic carbocycles. The van der Waals surface area contributed by atoms with E-state index in [0.717, 1.165) is 25.7 Å². The molecule has 1 amide bonds. The minimum atomic E-state index is -0.380. The Morgan fingerprint density at radius 1 is 1.28 bits per heavy atom. The fourth-order valence-electron chi connectivity index (χ4n) is 4.48. The maximum absolute atomic E-state index is 12.6. The molecule has 2 fully saturated rings. The number of nitrogens with one attached hydrogen (secondary N) is 1. The summed E-state index contributed by atoms with van der Waals surface area (Å²) in [6.07, 6.45) is 11.6. The number of carbonyl (C=O) groups is 1. The summed E-state index contributed by atoms with van der Waals surface area (Å²) in [7, 11) is 0. The summed E-state index contributed by atoms with van der Waals surface area (Å²) >= 11 is 0. The Morgan fingerprint density at radius 3 is 2.64 bits per heavy atom. The fourth-order valence-corrected chi connectivity index (χ4v) is 4.48. The number of hydrogen-bond donors (Lipinski definition) is 2. The number of rotatable bonds is 8. The molecule has 3 rings (SSSR count).